The summed E-state index contributed by atoms with van der Waals surface area (Å²) in [5, 5.41) is 9.80. The van der Waals surface area contributed by atoms with E-state index in [1.165, 1.54) is 37.3 Å². The van der Waals surface area contributed by atoms with E-state index in [0.29, 0.717) is 0 Å². The lowest BCUT2D eigenvalue weighted by Crippen LogP contribution is -2.10. The molecule has 0 aromatic heterocycles. The summed E-state index contributed by atoms with van der Waals surface area (Å²) in [5.41, 5.74) is 0.595. The third-order valence-electron chi connectivity index (χ3n) is 3.26. The van der Waals surface area contributed by atoms with Crippen molar-refractivity contribution in [3.63, 3.8) is 0 Å². The molecule has 1 N–H and O–H groups in total. The summed E-state index contributed by atoms with van der Waals surface area (Å²) in [7, 11) is 0. The lowest BCUT2D eigenvalue weighted by atomic mass is 9.97. The number of benzene rings is 2. The first-order valence-electron chi connectivity index (χ1n) is 7.10. The molecule has 0 heterocycles. The summed E-state index contributed by atoms with van der Waals surface area (Å²) < 4.78 is 4.92. The molecule has 0 atom stereocenters. The molecule has 0 fully saturated rings. The van der Waals surface area contributed by atoms with Crippen LogP contribution in [0.4, 0.5) is 0 Å². The highest BCUT2D eigenvalue weighted by Gasteiger charge is 2.18. The van der Waals surface area contributed by atoms with Gasteiger partial charge in [-0.15, -0.1) is 0 Å². The topological polar surface area (TPSA) is 80.7 Å². The maximum atomic E-state index is 12.6. The van der Waals surface area contributed by atoms with Gasteiger partial charge in [-0.25, -0.2) is 4.79 Å². The van der Waals surface area contributed by atoms with E-state index in [4.69, 9.17) is 4.74 Å². The average molecular weight is 312 g/mol. The number of carbonyl (C=O) groups excluding carboxylic acids is 3. The molecule has 0 aliphatic carbocycles. The Morgan fingerprint density at radius 2 is 1.61 bits per heavy atom. The van der Waals surface area contributed by atoms with Gasteiger partial charge < -0.3 is 9.84 Å². The Labute approximate surface area is 133 Å². The van der Waals surface area contributed by atoms with E-state index in [2.05, 4.69) is 0 Å². The number of para-hydroxylation sites is 1. The van der Waals surface area contributed by atoms with Crippen LogP contribution in [0.5, 0.6) is 5.75 Å². The van der Waals surface area contributed by atoms with Crippen LogP contribution in [0, 0.1) is 0 Å². The number of Topliss-reactive ketones (excluding diaryl/α,β-unsaturated/α-hetero) is 1. The number of carbonyl (C=O) groups is 3. The Hall–Kier alpha value is -2.95. The van der Waals surface area contributed by atoms with Gasteiger partial charge in [-0.3, -0.25) is 9.59 Å². The third kappa shape index (κ3) is 3.63. The van der Waals surface area contributed by atoms with Crippen LogP contribution in [-0.4, -0.2) is 29.2 Å². The molecule has 0 bridgehead atoms. The molecule has 2 aromatic carbocycles. The van der Waals surface area contributed by atoms with Crippen LogP contribution in [0.15, 0.2) is 42.5 Å². The van der Waals surface area contributed by atoms with Crippen LogP contribution in [0.1, 0.15) is 50.5 Å². The molecule has 0 aliphatic rings. The Morgan fingerprint density at radius 3 is 2.22 bits per heavy atom. The SMILES string of the molecule is CCOC(=O)c1cc(C(C)=O)cc(C(=O)c2ccccc2O)c1. The zero-order valence-corrected chi connectivity index (χ0v) is 12.8. The lowest BCUT2D eigenvalue weighted by Gasteiger charge is -2.08. The van der Waals surface area contributed by atoms with Crippen molar-refractivity contribution in [2.24, 2.45) is 0 Å². The number of phenolic OH excluding ortho intramolecular Hbond substituents is 1. The van der Waals surface area contributed by atoms with Crippen molar-refractivity contribution in [3.8, 4) is 5.75 Å². The van der Waals surface area contributed by atoms with Gasteiger partial charge in [0.15, 0.2) is 11.6 Å². The van der Waals surface area contributed by atoms with Crippen LogP contribution in [-0.2, 0) is 4.74 Å². The molecule has 0 amide bonds. The van der Waals surface area contributed by atoms with Crippen molar-refractivity contribution in [2.75, 3.05) is 6.61 Å². The molecule has 5 nitrogen and oxygen atoms in total. The summed E-state index contributed by atoms with van der Waals surface area (Å²) in [4.78, 5) is 36.1. The minimum absolute atomic E-state index is 0.100. The largest absolute Gasteiger partial charge is 0.507 e. The van der Waals surface area contributed by atoms with Crippen LogP contribution < -0.4 is 0 Å². The van der Waals surface area contributed by atoms with E-state index in [-0.39, 0.29) is 40.4 Å². The molecule has 0 aliphatic heterocycles. The van der Waals surface area contributed by atoms with Gasteiger partial charge in [-0.05, 0) is 44.2 Å². The number of ketones is 2. The monoisotopic (exact) mass is 312 g/mol. The van der Waals surface area contributed by atoms with Crippen LogP contribution in [0.2, 0.25) is 0 Å². The smallest absolute Gasteiger partial charge is 0.338 e. The van der Waals surface area contributed by atoms with Gasteiger partial charge in [0, 0.05) is 11.1 Å². The summed E-state index contributed by atoms with van der Waals surface area (Å²) >= 11 is 0. The maximum absolute atomic E-state index is 12.6. The fourth-order valence-electron chi connectivity index (χ4n) is 2.12. The summed E-state index contributed by atoms with van der Waals surface area (Å²) in [6.45, 7) is 3.20. The highest BCUT2D eigenvalue weighted by molar-refractivity contribution is 6.12. The minimum Gasteiger partial charge on any atom is -0.507 e. The molecular formula is C18H16O5. The Morgan fingerprint density at radius 1 is 1.00 bits per heavy atom. The lowest BCUT2D eigenvalue weighted by molar-refractivity contribution is 0.0526. The Bertz CT molecular complexity index is 777. The molecule has 5 heteroatoms. The van der Waals surface area contributed by atoms with Crippen molar-refractivity contribution >= 4 is 17.5 Å². The predicted octanol–water partition coefficient (Wildman–Crippen LogP) is 3.00. The highest BCUT2D eigenvalue weighted by atomic mass is 16.5. The van der Waals surface area contributed by atoms with Gasteiger partial charge in [0.2, 0.25) is 0 Å². The number of esters is 1. The van der Waals surface area contributed by atoms with Crippen LogP contribution >= 0.6 is 0 Å². The zero-order valence-electron chi connectivity index (χ0n) is 12.8. The fraction of sp³-hybridized carbons (Fsp3) is 0.167. The van der Waals surface area contributed by atoms with Crippen LogP contribution in [0.3, 0.4) is 0 Å². The molecule has 0 radical (unpaired) electrons. The van der Waals surface area contributed by atoms with Gasteiger partial charge in [-0.1, -0.05) is 12.1 Å². The van der Waals surface area contributed by atoms with Gasteiger partial charge in [0.1, 0.15) is 5.75 Å². The van der Waals surface area contributed by atoms with Crippen molar-refractivity contribution in [2.45, 2.75) is 13.8 Å². The molecule has 0 saturated heterocycles. The highest BCUT2D eigenvalue weighted by Crippen LogP contribution is 2.22. The fourth-order valence-corrected chi connectivity index (χ4v) is 2.12. The molecular weight excluding hydrogens is 296 g/mol. The molecule has 0 saturated carbocycles. The number of rotatable bonds is 5. The van der Waals surface area contributed by atoms with E-state index in [9.17, 15) is 19.5 Å². The van der Waals surface area contributed by atoms with Gasteiger partial charge >= 0.3 is 5.97 Å². The number of phenols is 1. The minimum atomic E-state index is -0.609. The van der Waals surface area contributed by atoms with Gasteiger partial charge in [-0.2, -0.15) is 0 Å². The van der Waals surface area contributed by atoms with Gasteiger partial charge in [0.05, 0.1) is 17.7 Å². The second-order valence-corrected chi connectivity index (χ2v) is 4.92. The molecule has 2 rings (SSSR count). The first-order valence-corrected chi connectivity index (χ1v) is 7.10. The van der Waals surface area contributed by atoms with E-state index < -0.39 is 11.8 Å². The number of hydrogen-bond acceptors (Lipinski definition) is 5. The summed E-state index contributed by atoms with van der Waals surface area (Å²) in [6.07, 6.45) is 0. The molecule has 0 spiro atoms. The number of ether oxygens (including phenoxy) is 1. The average Bonchev–Trinajstić information content (AvgIpc) is 2.54. The van der Waals surface area contributed by atoms with E-state index >= 15 is 0 Å². The van der Waals surface area contributed by atoms with Crippen molar-refractivity contribution in [1.82, 2.24) is 0 Å². The number of aromatic hydroxyl groups is 1. The summed E-state index contributed by atoms with van der Waals surface area (Å²) in [5.74, 6) is -1.52. The maximum Gasteiger partial charge on any atom is 0.338 e. The molecule has 2 aromatic rings. The Balaban J connectivity index is 2.53. The van der Waals surface area contributed by atoms with Crippen molar-refractivity contribution in [3.05, 3.63) is 64.7 Å². The van der Waals surface area contributed by atoms with E-state index in [0.717, 1.165) is 0 Å². The predicted molar refractivity (Wildman–Crippen MR) is 83.9 cm³/mol. The number of hydrogen-bond donors (Lipinski definition) is 1. The second-order valence-electron chi connectivity index (χ2n) is 4.92. The molecule has 118 valence electrons. The first-order chi connectivity index (χ1) is 10.9. The molecule has 23 heavy (non-hydrogen) atoms. The van der Waals surface area contributed by atoms with Crippen molar-refractivity contribution in [1.29, 1.82) is 0 Å². The van der Waals surface area contributed by atoms with Crippen molar-refractivity contribution < 1.29 is 24.2 Å². The normalized spacial score (nSPS) is 10.2. The zero-order chi connectivity index (χ0) is 17.0. The van der Waals surface area contributed by atoms with E-state index in [1.54, 1.807) is 19.1 Å². The van der Waals surface area contributed by atoms with Crippen LogP contribution in [0.25, 0.3) is 0 Å². The third-order valence-corrected chi connectivity index (χ3v) is 3.26. The quantitative estimate of drug-likeness (QED) is 0.678. The van der Waals surface area contributed by atoms with Gasteiger partial charge in [0.25, 0.3) is 0 Å². The van der Waals surface area contributed by atoms with E-state index in [1.807, 2.05) is 0 Å². The summed E-state index contributed by atoms with van der Waals surface area (Å²) in [6, 6.07) is 10.2. The Kier molecular flexibility index (Phi) is 4.91. The first kappa shape index (κ1) is 16.4. The second kappa shape index (κ2) is 6.87. The molecule has 0 unspecified atom stereocenters. The standard InChI is InChI=1S/C18H16O5/c1-3-23-18(22)14-9-12(11(2)19)8-13(10-14)17(21)15-6-4-5-7-16(15)20/h4-10,20H,3H2,1-2H3.